The number of amides is 2. The van der Waals surface area contributed by atoms with Crippen LogP contribution in [0, 0.1) is 0 Å². The summed E-state index contributed by atoms with van der Waals surface area (Å²) in [5.74, 6) is -0.400. The van der Waals surface area contributed by atoms with Gasteiger partial charge in [0.15, 0.2) is 0 Å². The zero-order chi connectivity index (χ0) is 29.4. The summed E-state index contributed by atoms with van der Waals surface area (Å²) in [6.45, 7) is 5.46. The van der Waals surface area contributed by atoms with Gasteiger partial charge in [0.1, 0.15) is 18.3 Å². The molecule has 1 atom stereocenters. The highest BCUT2D eigenvalue weighted by Gasteiger charge is 2.32. The molecule has 8 nitrogen and oxygen atoms in total. The van der Waals surface area contributed by atoms with Crippen LogP contribution in [0.3, 0.4) is 0 Å². The molecule has 0 aromatic heterocycles. The Bertz CT molecular complexity index is 1440. The van der Waals surface area contributed by atoms with E-state index in [0.29, 0.717) is 39.0 Å². The fourth-order valence-corrected chi connectivity index (χ4v) is 5.88. The van der Waals surface area contributed by atoms with Crippen molar-refractivity contribution in [2.75, 3.05) is 24.0 Å². The van der Waals surface area contributed by atoms with Crippen LogP contribution in [0.2, 0.25) is 10.0 Å². The van der Waals surface area contributed by atoms with E-state index in [9.17, 15) is 18.0 Å². The molecule has 12 heteroatoms. The molecule has 0 fully saturated rings. The Kier molecular flexibility index (Phi) is 11.3. The first-order valence-corrected chi connectivity index (χ1v) is 15.5. The predicted molar refractivity (Wildman–Crippen MR) is 161 cm³/mol. The van der Waals surface area contributed by atoms with E-state index in [1.165, 1.54) is 17.0 Å². The van der Waals surface area contributed by atoms with E-state index in [2.05, 4.69) is 21.2 Å². The number of nitrogens with zero attached hydrogens (tertiary/aromatic N) is 2. The first kappa shape index (κ1) is 31.7. The Morgan fingerprint density at radius 3 is 2.20 bits per heavy atom. The average Bonchev–Trinajstić information content (AvgIpc) is 2.93. The largest absolute Gasteiger partial charge is 0.494 e. The summed E-state index contributed by atoms with van der Waals surface area (Å²) in [7, 11) is -4.18. The van der Waals surface area contributed by atoms with Crippen LogP contribution in [0.4, 0.5) is 5.69 Å². The van der Waals surface area contributed by atoms with E-state index < -0.39 is 28.5 Å². The second-order valence-electron chi connectivity index (χ2n) is 8.73. The zero-order valence-corrected chi connectivity index (χ0v) is 26.1. The second-order valence-corrected chi connectivity index (χ2v) is 12.3. The number of anilines is 1. The van der Waals surface area contributed by atoms with E-state index in [0.717, 1.165) is 4.31 Å². The molecule has 40 heavy (non-hydrogen) atoms. The van der Waals surface area contributed by atoms with Crippen molar-refractivity contribution < 1.29 is 22.7 Å². The lowest BCUT2D eigenvalue weighted by atomic mass is 10.1. The minimum absolute atomic E-state index is 0.00344. The predicted octanol–water partition coefficient (Wildman–Crippen LogP) is 5.90. The summed E-state index contributed by atoms with van der Waals surface area (Å²) in [6.07, 6.45) is 0. The summed E-state index contributed by atoms with van der Waals surface area (Å²) < 4.78 is 34.9. The van der Waals surface area contributed by atoms with Gasteiger partial charge < -0.3 is 15.0 Å². The monoisotopic (exact) mass is 669 g/mol. The third kappa shape index (κ3) is 7.90. The topological polar surface area (TPSA) is 96.0 Å². The third-order valence-electron chi connectivity index (χ3n) is 5.97. The molecule has 0 aliphatic carbocycles. The van der Waals surface area contributed by atoms with Crippen LogP contribution in [0.1, 0.15) is 26.3 Å². The van der Waals surface area contributed by atoms with Crippen LogP contribution in [0.5, 0.6) is 5.75 Å². The maximum Gasteiger partial charge on any atom is 0.264 e. The molecule has 0 saturated carbocycles. The number of nitrogens with one attached hydrogen (secondary N) is 1. The first-order valence-electron chi connectivity index (χ1n) is 12.5. The lowest BCUT2D eigenvalue weighted by Crippen LogP contribution is -2.51. The number of carbonyl (C=O) groups is 2. The molecule has 0 radical (unpaired) electrons. The maximum atomic E-state index is 13.9. The summed E-state index contributed by atoms with van der Waals surface area (Å²) in [5.41, 5.74) is 0.891. The third-order valence-corrected chi connectivity index (χ3v) is 9.03. The highest BCUT2D eigenvalue weighted by Crippen LogP contribution is 2.28. The van der Waals surface area contributed by atoms with Crippen LogP contribution in [0.15, 0.2) is 76.1 Å². The van der Waals surface area contributed by atoms with Gasteiger partial charge in [-0.05, 0) is 87.0 Å². The van der Waals surface area contributed by atoms with Gasteiger partial charge in [0.05, 0.1) is 27.2 Å². The van der Waals surface area contributed by atoms with Crippen LogP contribution in [0.25, 0.3) is 0 Å². The highest BCUT2D eigenvalue weighted by atomic mass is 79.9. The summed E-state index contributed by atoms with van der Waals surface area (Å²) in [6, 6.07) is 16.6. The van der Waals surface area contributed by atoms with E-state index in [1.54, 1.807) is 68.4 Å². The molecular weight excluding hydrogens is 641 g/mol. The van der Waals surface area contributed by atoms with E-state index in [-0.39, 0.29) is 23.0 Å². The Morgan fingerprint density at radius 1 is 0.975 bits per heavy atom. The Morgan fingerprint density at radius 2 is 1.62 bits per heavy atom. The molecular formula is C28H30BrCl2N3O5S. The van der Waals surface area contributed by atoms with Crippen molar-refractivity contribution in [1.29, 1.82) is 0 Å². The van der Waals surface area contributed by atoms with Gasteiger partial charge in [-0.2, -0.15) is 0 Å². The van der Waals surface area contributed by atoms with E-state index in [4.69, 9.17) is 27.9 Å². The fourth-order valence-electron chi connectivity index (χ4n) is 3.88. The minimum atomic E-state index is -4.18. The average molecular weight is 671 g/mol. The van der Waals surface area contributed by atoms with Crippen molar-refractivity contribution in [3.05, 3.63) is 86.8 Å². The lowest BCUT2D eigenvalue weighted by molar-refractivity contribution is -0.139. The molecule has 0 aliphatic heterocycles. The van der Waals surface area contributed by atoms with Crippen molar-refractivity contribution in [1.82, 2.24) is 10.2 Å². The number of hydrogen-bond acceptors (Lipinski definition) is 5. The molecule has 0 bridgehead atoms. The van der Waals surface area contributed by atoms with E-state index in [1.807, 2.05) is 6.92 Å². The standard InChI is InChI=1S/C28H30BrCl2N3O5S/c1-4-32-28(36)19(3)33(17-20-6-15-25(30)26(31)16-20)27(35)18-34(22-9-11-23(12-10-22)39-5-2)40(37,38)24-13-7-21(29)8-14-24/h6-16,19H,4-5,17-18H2,1-3H3,(H,32,36). The molecule has 214 valence electrons. The maximum absolute atomic E-state index is 13.9. The zero-order valence-electron chi connectivity index (χ0n) is 22.2. The van der Waals surface area contributed by atoms with Gasteiger partial charge in [0.25, 0.3) is 10.0 Å². The molecule has 2 amide bonds. The SMILES string of the molecule is CCNC(=O)C(C)N(Cc1ccc(Cl)c(Cl)c1)C(=O)CN(c1ccc(OCC)cc1)S(=O)(=O)c1ccc(Br)cc1. The number of hydrogen-bond donors (Lipinski definition) is 1. The molecule has 1 unspecified atom stereocenters. The molecule has 3 aromatic rings. The quantitative estimate of drug-likeness (QED) is 0.259. The highest BCUT2D eigenvalue weighted by molar-refractivity contribution is 9.10. The first-order chi connectivity index (χ1) is 19.0. The summed E-state index contributed by atoms with van der Waals surface area (Å²) >= 11 is 15.6. The van der Waals surface area contributed by atoms with Gasteiger partial charge in [-0.15, -0.1) is 0 Å². The molecule has 0 spiro atoms. The normalized spacial score (nSPS) is 11.9. The van der Waals surface area contributed by atoms with Gasteiger partial charge in [0.2, 0.25) is 11.8 Å². The lowest BCUT2D eigenvalue weighted by Gasteiger charge is -2.32. The smallest absolute Gasteiger partial charge is 0.264 e. The number of ether oxygens (including phenoxy) is 1. The molecule has 3 aromatic carbocycles. The number of benzene rings is 3. The van der Waals surface area contributed by atoms with Gasteiger partial charge in [-0.3, -0.25) is 13.9 Å². The van der Waals surface area contributed by atoms with Crippen molar-refractivity contribution in [3.8, 4) is 5.75 Å². The van der Waals surface area contributed by atoms with Gasteiger partial charge in [-0.25, -0.2) is 8.42 Å². The van der Waals surface area contributed by atoms with Crippen molar-refractivity contribution in [2.24, 2.45) is 0 Å². The van der Waals surface area contributed by atoms with Crippen molar-refractivity contribution in [3.63, 3.8) is 0 Å². The van der Waals surface area contributed by atoms with Crippen molar-refractivity contribution in [2.45, 2.75) is 38.3 Å². The molecule has 1 N–H and O–H groups in total. The number of likely N-dealkylation sites (N-methyl/N-ethyl adjacent to an activating group) is 1. The molecule has 0 heterocycles. The molecule has 0 saturated heterocycles. The fraction of sp³-hybridized carbons (Fsp3) is 0.286. The number of halogens is 3. The van der Waals surface area contributed by atoms with Crippen LogP contribution < -0.4 is 14.4 Å². The Labute approximate surface area is 253 Å². The van der Waals surface area contributed by atoms with Crippen LogP contribution in [-0.4, -0.2) is 50.9 Å². The van der Waals surface area contributed by atoms with Crippen LogP contribution >= 0.6 is 39.1 Å². The molecule has 0 aliphatic rings. The summed E-state index contributed by atoms with van der Waals surface area (Å²) in [5, 5.41) is 3.37. The number of carbonyl (C=O) groups excluding carboxylic acids is 2. The van der Waals surface area contributed by atoms with Crippen LogP contribution in [-0.2, 0) is 26.2 Å². The number of sulfonamides is 1. The number of rotatable bonds is 12. The van der Waals surface area contributed by atoms with Crippen molar-refractivity contribution >= 4 is 66.7 Å². The summed E-state index contributed by atoms with van der Waals surface area (Å²) in [4.78, 5) is 28.0. The van der Waals surface area contributed by atoms with Gasteiger partial charge in [0, 0.05) is 17.6 Å². The van der Waals surface area contributed by atoms with Gasteiger partial charge in [-0.1, -0.05) is 45.2 Å². The second kappa shape index (κ2) is 14.2. The Hall–Kier alpha value is -2.79. The minimum Gasteiger partial charge on any atom is -0.494 e. The Balaban J connectivity index is 2.04. The van der Waals surface area contributed by atoms with E-state index >= 15 is 0 Å². The van der Waals surface area contributed by atoms with Gasteiger partial charge >= 0.3 is 0 Å². The molecule has 3 rings (SSSR count).